The fourth-order valence-electron chi connectivity index (χ4n) is 3.01. The van der Waals surface area contributed by atoms with Crippen LogP contribution >= 0.6 is 0 Å². The molecule has 2 aromatic carbocycles. The average Bonchev–Trinajstić information content (AvgIpc) is 2.63. The van der Waals surface area contributed by atoms with Gasteiger partial charge in [0.15, 0.2) is 5.78 Å². The molecule has 1 saturated heterocycles. The molecular weight excluding hydrogens is 334 g/mol. The Bertz CT molecular complexity index is 774. The third kappa shape index (κ3) is 4.55. The Kier molecular flexibility index (Phi) is 5.78. The van der Waals surface area contributed by atoms with Crippen LogP contribution in [0.5, 0.6) is 0 Å². The molecule has 5 heteroatoms. The van der Waals surface area contributed by atoms with E-state index in [1.54, 1.807) is 6.20 Å². The van der Waals surface area contributed by atoms with Crippen molar-refractivity contribution in [3.05, 3.63) is 83.1 Å². The van der Waals surface area contributed by atoms with Crippen LogP contribution in [-0.2, 0) is 6.54 Å². The van der Waals surface area contributed by atoms with Crippen LogP contribution in [0.4, 0.5) is 8.78 Å². The number of rotatable bonds is 5. The highest BCUT2D eigenvalue weighted by molar-refractivity contribution is 6.04. The molecule has 0 aliphatic carbocycles. The number of allylic oxidation sites excluding steroid dienone is 1. The summed E-state index contributed by atoms with van der Waals surface area (Å²) < 4.78 is 27.3. The van der Waals surface area contributed by atoms with Crippen molar-refractivity contribution in [2.45, 2.75) is 13.5 Å². The van der Waals surface area contributed by atoms with Crippen molar-refractivity contribution in [3.8, 4) is 0 Å². The molecule has 1 fully saturated rings. The summed E-state index contributed by atoms with van der Waals surface area (Å²) in [6, 6.07) is 11.9. The summed E-state index contributed by atoms with van der Waals surface area (Å²) in [5.41, 5.74) is 2.03. The van der Waals surface area contributed by atoms with Gasteiger partial charge >= 0.3 is 0 Å². The molecule has 0 atom stereocenters. The fraction of sp³-hybridized carbons (Fsp3) is 0.286. The molecule has 1 heterocycles. The predicted molar refractivity (Wildman–Crippen MR) is 97.9 cm³/mol. The Morgan fingerprint density at radius 1 is 1.00 bits per heavy atom. The van der Waals surface area contributed by atoms with E-state index in [0.717, 1.165) is 44.9 Å². The van der Waals surface area contributed by atoms with E-state index in [1.807, 2.05) is 4.90 Å². The van der Waals surface area contributed by atoms with E-state index in [2.05, 4.69) is 36.1 Å². The minimum absolute atomic E-state index is 0.498. The number of ketones is 1. The van der Waals surface area contributed by atoms with Crippen molar-refractivity contribution in [3.63, 3.8) is 0 Å². The topological polar surface area (TPSA) is 23.6 Å². The number of hydrogen-bond acceptors (Lipinski definition) is 3. The summed E-state index contributed by atoms with van der Waals surface area (Å²) in [6.07, 6.45) is 2.88. The Labute approximate surface area is 152 Å². The van der Waals surface area contributed by atoms with Crippen LogP contribution in [0.3, 0.4) is 0 Å². The van der Waals surface area contributed by atoms with Crippen molar-refractivity contribution in [1.82, 2.24) is 9.80 Å². The van der Waals surface area contributed by atoms with Crippen LogP contribution in [0.25, 0.3) is 0 Å². The number of carbonyl (C=O) groups is 1. The van der Waals surface area contributed by atoms with E-state index < -0.39 is 23.0 Å². The third-order valence-corrected chi connectivity index (χ3v) is 4.58. The minimum atomic E-state index is -0.831. The fourth-order valence-corrected chi connectivity index (χ4v) is 3.01. The standard InChI is InChI=1S/C21H22F2N2O/c1-16-5-7-17(8-6-16)15-25-13-11-24(12-14-25)10-9-20(26)21-18(22)3-2-4-19(21)23/h2-10H,11-15H2,1H3/b10-9+. The summed E-state index contributed by atoms with van der Waals surface area (Å²) in [4.78, 5) is 16.4. The molecule has 2 aromatic rings. The largest absolute Gasteiger partial charge is 0.375 e. The van der Waals surface area contributed by atoms with Crippen molar-refractivity contribution >= 4 is 5.78 Å². The first-order chi connectivity index (χ1) is 12.5. The lowest BCUT2D eigenvalue weighted by molar-refractivity contribution is 0.103. The first-order valence-corrected chi connectivity index (χ1v) is 8.71. The highest BCUT2D eigenvalue weighted by atomic mass is 19.1. The molecule has 0 aromatic heterocycles. The number of carbonyl (C=O) groups excluding carboxylic acids is 1. The van der Waals surface area contributed by atoms with E-state index in [1.165, 1.54) is 23.3 Å². The van der Waals surface area contributed by atoms with Gasteiger partial charge < -0.3 is 4.90 Å². The van der Waals surface area contributed by atoms with E-state index in [-0.39, 0.29) is 0 Å². The number of halogens is 2. The molecule has 0 spiro atoms. The minimum Gasteiger partial charge on any atom is -0.375 e. The van der Waals surface area contributed by atoms with Gasteiger partial charge in [-0.3, -0.25) is 9.69 Å². The van der Waals surface area contributed by atoms with Crippen LogP contribution in [0.15, 0.2) is 54.7 Å². The smallest absolute Gasteiger partial charge is 0.193 e. The quantitative estimate of drug-likeness (QED) is 0.602. The van der Waals surface area contributed by atoms with Crippen LogP contribution in [0.1, 0.15) is 21.5 Å². The second-order valence-corrected chi connectivity index (χ2v) is 6.57. The SMILES string of the molecule is Cc1ccc(CN2CCN(/C=C/C(=O)c3c(F)cccc3F)CC2)cc1. The van der Waals surface area contributed by atoms with Crippen molar-refractivity contribution in [2.75, 3.05) is 26.2 Å². The first-order valence-electron chi connectivity index (χ1n) is 8.71. The van der Waals surface area contributed by atoms with Gasteiger partial charge in [-0.25, -0.2) is 8.78 Å². The zero-order chi connectivity index (χ0) is 18.5. The molecule has 0 bridgehead atoms. The van der Waals surface area contributed by atoms with Crippen molar-refractivity contribution < 1.29 is 13.6 Å². The lowest BCUT2D eigenvalue weighted by Gasteiger charge is -2.34. The number of hydrogen-bond donors (Lipinski definition) is 0. The summed E-state index contributed by atoms with van der Waals surface area (Å²) >= 11 is 0. The van der Waals surface area contributed by atoms with Crippen molar-refractivity contribution in [2.24, 2.45) is 0 Å². The van der Waals surface area contributed by atoms with Crippen LogP contribution in [0, 0.1) is 18.6 Å². The number of piperazine rings is 1. The molecule has 136 valence electrons. The van der Waals surface area contributed by atoms with Crippen molar-refractivity contribution in [1.29, 1.82) is 0 Å². The molecule has 26 heavy (non-hydrogen) atoms. The molecule has 0 N–H and O–H groups in total. The van der Waals surface area contributed by atoms with Gasteiger partial charge in [0, 0.05) is 45.0 Å². The monoisotopic (exact) mass is 356 g/mol. The zero-order valence-electron chi connectivity index (χ0n) is 14.8. The maximum atomic E-state index is 13.6. The highest BCUT2D eigenvalue weighted by Gasteiger charge is 2.17. The van der Waals surface area contributed by atoms with E-state index in [4.69, 9.17) is 0 Å². The average molecular weight is 356 g/mol. The van der Waals surface area contributed by atoms with E-state index in [9.17, 15) is 13.6 Å². The highest BCUT2D eigenvalue weighted by Crippen LogP contribution is 2.14. The lowest BCUT2D eigenvalue weighted by Crippen LogP contribution is -2.43. The second kappa shape index (κ2) is 8.23. The van der Waals surface area contributed by atoms with Crippen LogP contribution in [-0.4, -0.2) is 41.8 Å². The molecular formula is C21H22F2N2O. The van der Waals surface area contributed by atoms with Gasteiger partial charge in [-0.05, 0) is 24.6 Å². The molecule has 0 saturated carbocycles. The number of aryl methyl sites for hydroxylation is 1. The zero-order valence-corrected chi connectivity index (χ0v) is 14.8. The molecule has 3 nitrogen and oxygen atoms in total. The van der Waals surface area contributed by atoms with Gasteiger partial charge in [0.1, 0.15) is 11.6 Å². The number of nitrogens with zero attached hydrogens (tertiary/aromatic N) is 2. The van der Waals surface area contributed by atoms with Gasteiger partial charge in [-0.15, -0.1) is 0 Å². The maximum absolute atomic E-state index is 13.6. The normalized spacial score (nSPS) is 15.6. The van der Waals surface area contributed by atoms with E-state index in [0.29, 0.717) is 0 Å². The summed E-state index contributed by atoms with van der Waals surface area (Å²) in [5.74, 6) is -2.31. The van der Waals surface area contributed by atoms with Gasteiger partial charge in [0.05, 0.1) is 5.56 Å². The Balaban J connectivity index is 1.53. The summed E-state index contributed by atoms with van der Waals surface area (Å²) in [7, 11) is 0. The van der Waals surface area contributed by atoms with Gasteiger partial charge in [0.25, 0.3) is 0 Å². The lowest BCUT2D eigenvalue weighted by atomic mass is 10.1. The Morgan fingerprint density at radius 3 is 2.23 bits per heavy atom. The number of benzene rings is 2. The van der Waals surface area contributed by atoms with E-state index >= 15 is 0 Å². The van der Waals surface area contributed by atoms with Crippen LogP contribution in [0.2, 0.25) is 0 Å². The second-order valence-electron chi connectivity index (χ2n) is 6.57. The van der Waals surface area contributed by atoms with Crippen LogP contribution < -0.4 is 0 Å². The molecule has 0 amide bonds. The van der Waals surface area contributed by atoms with Gasteiger partial charge in [-0.2, -0.15) is 0 Å². The summed E-state index contributed by atoms with van der Waals surface area (Å²) in [5, 5.41) is 0. The molecule has 1 aliphatic rings. The predicted octanol–water partition coefficient (Wildman–Crippen LogP) is 3.79. The Morgan fingerprint density at radius 2 is 1.62 bits per heavy atom. The summed E-state index contributed by atoms with van der Waals surface area (Å²) in [6.45, 7) is 6.27. The maximum Gasteiger partial charge on any atom is 0.193 e. The molecule has 0 unspecified atom stereocenters. The molecule has 0 radical (unpaired) electrons. The van der Waals surface area contributed by atoms with Gasteiger partial charge in [0.2, 0.25) is 0 Å². The van der Waals surface area contributed by atoms with Gasteiger partial charge in [-0.1, -0.05) is 35.9 Å². The third-order valence-electron chi connectivity index (χ3n) is 4.58. The molecule has 1 aliphatic heterocycles. The first kappa shape index (κ1) is 18.3. The molecule has 3 rings (SSSR count). The Hall–Kier alpha value is -2.53.